The molecule has 210 valence electrons. The summed E-state index contributed by atoms with van der Waals surface area (Å²) in [5.74, 6) is -3.16. The number of aromatic nitrogens is 1. The van der Waals surface area contributed by atoms with Gasteiger partial charge in [0.05, 0.1) is 5.52 Å². The molecule has 5 atom stereocenters. The lowest BCUT2D eigenvalue weighted by molar-refractivity contribution is -0.254. The molecule has 0 radical (unpaired) electrons. The van der Waals surface area contributed by atoms with E-state index in [1.807, 2.05) is 6.07 Å². The van der Waals surface area contributed by atoms with Crippen LogP contribution >= 0.6 is 34.8 Å². The van der Waals surface area contributed by atoms with Gasteiger partial charge in [-0.25, -0.2) is 0 Å². The molecule has 16 heteroatoms. The fourth-order valence-corrected chi connectivity index (χ4v) is 4.48. The molecule has 2 aromatic rings. The lowest BCUT2D eigenvalue weighted by atomic mass is 9.97. The molecule has 3 N–H and O–H groups in total. The Kier molecular flexibility index (Phi) is 10.1. The minimum absolute atomic E-state index is 0.134. The predicted molar refractivity (Wildman–Crippen MR) is 145 cm³/mol. The number of esters is 4. The number of nitrogens with zero attached hydrogens (tertiary/aromatic N) is 2. The zero-order valence-electron chi connectivity index (χ0n) is 21.1. The zero-order valence-corrected chi connectivity index (χ0v) is 24.1. The van der Waals surface area contributed by atoms with Gasteiger partial charge in [0.2, 0.25) is 11.0 Å². The molecule has 0 unspecified atom stereocenters. The van der Waals surface area contributed by atoms with E-state index in [0.717, 1.165) is 24.3 Å². The van der Waals surface area contributed by atoms with Crippen molar-refractivity contribution in [1.82, 2.24) is 10.3 Å². The standard InChI is InChI=1S/C23H25IN4O10S/c1-9(29)34-8-16-18(35-10(2)30)19(36-11(3)31)20(37-12(4)32)22(38-16)26-23(39)28-27-17-14-7-13(24)5-6-15(14)25-21(17)33/h5-7,16,18-20,22,25,33H,8H2,1-4H3,(H,26,39)/t16-,18-,19+,20-,22-/m1/s1. The van der Waals surface area contributed by atoms with Crippen molar-refractivity contribution >= 4 is 80.4 Å². The van der Waals surface area contributed by atoms with Gasteiger partial charge < -0.3 is 39.1 Å². The summed E-state index contributed by atoms with van der Waals surface area (Å²) in [5, 5.41) is 21.3. The lowest BCUT2D eigenvalue weighted by Crippen LogP contribution is -2.66. The van der Waals surface area contributed by atoms with E-state index < -0.39 is 61.1 Å². The van der Waals surface area contributed by atoms with Crippen LogP contribution in [0.25, 0.3) is 10.9 Å². The second-order valence-corrected chi connectivity index (χ2v) is 9.91. The van der Waals surface area contributed by atoms with E-state index in [1.54, 1.807) is 12.1 Å². The topological polar surface area (TPSA) is 187 Å². The molecule has 0 spiro atoms. The van der Waals surface area contributed by atoms with Gasteiger partial charge in [-0.3, -0.25) is 19.2 Å². The number of rotatable bonds is 7. The number of thiocarbonyl (C=S) groups is 1. The first-order chi connectivity index (χ1) is 18.3. The Bertz CT molecular complexity index is 1320. The lowest BCUT2D eigenvalue weighted by Gasteiger charge is -2.44. The van der Waals surface area contributed by atoms with Crippen LogP contribution in [0.2, 0.25) is 0 Å². The van der Waals surface area contributed by atoms with E-state index in [9.17, 15) is 24.3 Å². The van der Waals surface area contributed by atoms with E-state index in [0.29, 0.717) is 10.9 Å². The summed E-state index contributed by atoms with van der Waals surface area (Å²) < 4.78 is 27.9. The van der Waals surface area contributed by atoms with Gasteiger partial charge in [0, 0.05) is 36.7 Å². The highest BCUT2D eigenvalue weighted by Gasteiger charge is 2.52. The summed E-state index contributed by atoms with van der Waals surface area (Å²) in [5.41, 5.74) is 0.759. The van der Waals surface area contributed by atoms with Crippen molar-refractivity contribution in [2.45, 2.75) is 58.3 Å². The fourth-order valence-electron chi connectivity index (χ4n) is 3.83. The second-order valence-electron chi connectivity index (χ2n) is 8.28. The van der Waals surface area contributed by atoms with Gasteiger partial charge in [0.1, 0.15) is 12.7 Å². The molecule has 1 aliphatic rings. The molecule has 3 rings (SSSR count). The number of aromatic amines is 1. The Morgan fingerprint density at radius 1 is 1.03 bits per heavy atom. The SMILES string of the molecule is CC(=O)OC[C@H]1O[C@@H](NC(=S)N=Nc2c(O)[nH]c3ccc(I)cc23)[C@H](OC(C)=O)[C@@H](OC(C)=O)[C@@H]1OC(C)=O. The molecule has 1 aromatic heterocycles. The third-order valence-corrected chi connectivity index (χ3v) is 6.08. The molecular weight excluding hydrogens is 651 g/mol. The largest absolute Gasteiger partial charge is 0.493 e. The number of nitrogens with one attached hydrogen (secondary N) is 2. The Labute approximate surface area is 240 Å². The highest BCUT2D eigenvalue weighted by molar-refractivity contribution is 14.1. The molecule has 1 aromatic carbocycles. The summed E-state index contributed by atoms with van der Waals surface area (Å²) >= 11 is 7.39. The Morgan fingerprint density at radius 3 is 2.26 bits per heavy atom. The number of azo groups is 1. The quantitative estimate of drug-likeness (QED) is 0.128. The second kappa shape index (κ2) is 13.1. The van der Waals surface area contributed by atoms with Crippen LogP contribution in [-0.4, -0.2) is 76.3 Å². The highest BCUT2D eigenvalue weighted by atomic mass is 127. The van der Waals surface area contributed by atoms with Gasteiger partial charge in [-0.1, -0.05) is 0 Å². The number of H-pyrrole nitrogens is 1. The van der Waals surface area contributed by atoms with Gasteiger partial charge in [-0.05, 0) is 53.0 Å². The molecule has 0 bridgehead atoms. The van der Waals surface area contributed by atoms with E-state index in [4.69, 9.17) is 35.9 Å². The number of fused-ring (bicyclic) bond motifs is 1. The highest BCUT2D eigenvalue weighted by Crippen LogP contribution is 2.36. The van der Waals surface area contributed by atoms with Gasteiger partial charge in [-0.15, -0.1) is 10.2 Å². The van der Waals surface area contributed by atoms with Crippen molar-refractivity contribution in [3.05, 3.63) is 21.8 Å². The van der Waals surface area contributed by atoms with E-state index in [-0.39, 0.29) is 16.7 Å². The van der Waals surface area contributed by atoms with Crippen molar-refractivity contribution in [3.8, 4) is 5.88 Å². The molecule has 39 heavy (non-hydrogen) atoms. The first-order valence-corrected chi connectivity index (χ1v) is 12.9. The van der Waals surface area contributed by atoms with Crippen molar-refractivity contribution < 1.29 is 48.0 Å². The Morgan fingerprint density at radius 2 is 1.64 bits per heavy atom. The van der Waals surface area contributed by atoms with Gasteiger partial charge in [0.25, 0.3) is 0 Å². The van der Waals surface area contributed by atoms with Crippen LogP contribution < -0.4 is 5.32 Å². The molecule has 1 fully saturated rings. The number of carbonyl (C=O) groups is 4. The van der Waals surface area contributed by atoms with Crippen LogP contribution in [0, 0.1) is 3.57 Å². The number of hydrogen-bond donors (Lipinski definition) is 3. The van der Waals surface area contributed by atoms with E-state index >= 15 is 0 Å². The molecule has 2 heterocycles. The molecule has 1 saturated heterocycles. The number of hydrogen-bond acceptors (Lipinski definition) is 12. The maximum absolute atomic E-state index is 11.9. The van der Waals surface area contributed by atoms with Crippen LogP contribution in [-0.2, 0) is 42.9 Å². The van der Waals surface area contributed by atoms with Gasteiger partial charge in [-0.2, -0.15) is 0 Å². The van der Waals surface area contributed by atoms with Crippen molar-refractivity contribution in [3.63, 3.8) is 0 Å². The first-order valence-electron chi connectivity index (χ1n) is 11.4. The maximum Gasteiger partial charge on any atom is 0.303 e. The molecular formula is C23H25IN4O10S. The molecule has 0 aliphatic carbocycles. The van der Waals surface area contributed by atoms with Gasteiger partial charge >= 0.3 is 23.9 Å². The molecule has 1 aliphatic heterocycles. The average Bonchev–Trinajstić information content (AvgIpc) is 3.13. The molecule has 14 nitrogen and oxygen atoms in total. The first kappa shape index (κ1) is 30.2. The van der Waals surface area contributed by atoms with Crippen molar-refractivity contribution in [2.75, 3.05) is 6.61 Å². The minimum atomic E-state index is -1.37. The fraction of sp³-hybridized carbons (Fsp3) is 0.435. The number of carbonyl (C=O) groups excluding carboxylic acids is 4. The molecule has 0 amide bonds. The average molecular weight is 676 g/mol. The Balaban J connectivity index is 1.92. The normalized spacial score (nSPS) is 22.7. The van der Waals surface area contributed by atoms with Crippen LogP contribution in [0.4, 0.5) is 5.69 Å². The number of halogens is 1. The summed E-state index contributed by atoms with van der Waals surface area (Å²) in [4.78, 5) is 49.9. The third kappa shape index (κ3) is 8.06. The van der Waals surface area contributed by atoms with Gasteiger partial charge in [0.15, 0.2) is 30.2 Å². The zero-order chi connectivity index (χ0) is 28.9. The van der Waals surface area contributed by atoms with Crippen LogP contribution in [0.3, 0.4) is 0 Å². The van der Waals surface area contributed by atoms with Crippen LogP contribution in [0.15, 0.2) is 28.4 Å². The molecule has 0 saturated carbocycles. The van der Waals surface area contributed by atoms with Crippen molar-refractivity contribution in [2.24, 2.45) is 10.2 Å². The summed E-state index contributed by atoms with van der Waals surface area (Å²) in [6.45, 7) is 4.12. The van der Waals surface area contributed by atoms with E-state index in [2.05, 4.69) is 43.1 Å². The monoisotopic (exact) mass is 676 g/mol. The summed E-state index contributed by atoms with van der Waals surface area (Å²) in [7, 11) is 0. The summed E-state index contributed by atoms with van der Waals surface area (Å²) in [6.07, 6.45) is -6.53. The third-order valence-electron chi connectivity index (χ3n) is 5.21. The minimum Gasteiger partial charge on any atom is -0.493 e. The smallest absolute Gasteiger partial charge is 0.303 e. The number of aromatic hydroxyl groups is 1. The van der Waals surface area contributed by atoms with Crippen molar-refractivity contribution in [1.29, 1.82) is 0 Å². The number of ether oxygens (including phenoxy) is 5. The predicted octanol–water partition coefficient (Wildman–Crippen LogP) is 2.52. The Hall–Kier alpha value is -3.38. The maximum atomic E-state index is 11.9. The van der Waals surface area contributed by atoms with Crippen LogP contribution in [0.5, 0.6) is 5.88 Å². The number of benzene rings is 1. The van der Waals surface area contributed by atoms with E-state index in [1.165, 1.54) is 6.92 Å². The summed E-state index contributed by atoms with van der Waals surface area (Å²) in [6, 6.07) is 5.40. The van der Waals surface area contributed by atoms with Crippen LogP contribution in [0.1, 0.15) is 27.7 Å².